The van der Waals surface area contributed by atoms with Gasteiger partial charge < -0.3 is 15.4 Å². The summed E-state index contributed by atoms with van der Waals surface area (Å²) in [5, 5.41) is 0. The third-order valence-electron chi connectivity index (χ3n) is 6.18. The normalized spacial score (nSPS) is 31.5. The first-order valence-electron chi connectivity index (χ1n) is 10.1. The van der Waals surface area contributed by atoms with Crippen LogP contribution < -0.4 is 5.73 Å². The topological polar surface area (TPSA) is 67.9 Å². The van der Waals surface area contributed by atoms with Gasteiger partial charge in [0.05, 0.1) is 11.6 Å². The van der Waals surface area contributed by atoms with Crippen LogP contribution >= 0.6 is 0 Å². The number of carbonyl (C=O) groups is 1. The standard InChI is InChI=1S/C20H33N3O2/c1-3-23(4-2)16-11-10-14-12-17(20(24)25-18(14)13-16)19(21)22-15-8-6-5-7-9-15/h12,14-16,18H,3-11,13H2,1-2H3,(H2,21,22). The van der Waals surface area contributed by atoms with E-state index in [1.54, 1.807) is 0 Å². The van der Waals surface area contributed by atoms with Crippen molar-refractivity contribution in [2.24, 2.45) is 16.6 Å². The maximum absolute atomic E-state index is 12.5. The highest BCUT2D eigenvalue weighted by molar-refractivity contribution is 6.18. The van der Waals surface area contributed by atoms with E-state index in [0.29, 0.717) is 23.4 Å². The number of fused-ring (bicyclic) bond motifs is 1. The van der Waals surface area contributed by atoms with Crippen LogP contribution in [0.3, 0.4) is 0 Å². The number of nitrogens with zero attached hydrogens (tertiary/aromatic N) is 2. The molecule has 0 radical (unpaired) electrons. The van der Waals surface area contributed by atoms with E-state index in [9.17, 15) is 4.79 Å². The summed E-state index contributed by atoms with van der Waals surface area (Å²) in [4.78, 5) is 19.6. The first-order valence-corrected chi connectivity index (χ1v) is 10.1. The molecule has 3 unspecified atom stereocenters. The molecule has 0 aromatic carbocycles. The van der Waals surface area contributed by atoms with Crippen LogP contribution in [0.25, 0.3) is 0 Å². The van der Waals surface area contributed by atoms with E-state index in [2.05, 4.69) is 29.8 Å². The third-order valence-corrected chi connectivity index (χ3v) is 6.18. The molecule has 1 aliphatic heterocycles. The fraction of sp³-hybridized carbons (Fsp3) is 0.800. The molecule has 2 N–H and O–H groups in total. The molecule has 0 spiro atoms. The van der Waals surface area contributed by atoms with Crippen LogP contribution in [0.4, 0.5) is 0 Å². The highest BCUT2D eigenvalue weighted by Gasteiger charge is 2.38. The van der Waals surface area contributed by atoms with Crippen molar-refractivity contribution in [3.63, 3.8) is 0 Å². The van der Waals surface area contributed by atoms with Gasteiger partial charge in [-0.1, -0.05) is 39.2 Å². The maximum atomic E-state index is 12.5. The molecule has 0 bridgehead atoms. The van der Waals surface area contributed by atoms with Gasteiger partial charge in [-0.25, -0.2) is 4.79 Å². The predicted octanol–water partition coefficient (Wildman–Crippen LogP) is 3.04. The van der Waals surface area contributed by atoms with Gasteiger partial charge in [-0.05, 0) is 38.8 Å². The number of aliphatic imine (C=N–C) groups is 1. The Hall–Kier alpha value is -1.36. The van der Waals surface area contributed by atoms with Gasteiger partial charge in [0.15, 0.2) is 0 Å². The first kappa shape index (κ1) is 18.4. The second-order valence-corrected chi connectivity index (χ2v) is 7.68. The fourth-order valence-electron chi connectivity index (χ4n) is 4.68. The Bertz CT molecular complexity index is 533. The van der Waals surface area contributed by atoms with Crippen LogP contribution in [0.5, 0.6) is 0 Å². The van der Waals surface area contributed by atoms with Crippen molar-refractivity contribution in [2.45, 2.75) is 83.4 Å². The summed E-state index contributed by atoms with van der Waals surface area (Å²) in [5.74, 6) is 0.402. The van der Waals surface area contributed by atoms with E-state index < -0.39 is 0 Å². The second-order valence-electron chi connectivity index (χ2n) is 7.68. The van der Waals surface area contributed by atoms with Crippen LogP contribution in [0.1, 0.15) is 65.2 Å². The minimum Gasteiger partial charge on any atom is -0.458 e. The third kappa shape index (κ3) is 4.25. The summed E-state index contributed by atoms with van der Waals surface area (Å²) in [7, 11) is 0. The quantitative estimate of drug-likeness (QED) is 0.471. The monoisotopic (exact) mass is 347 g/mol. The van der Waals surface area contributed by atoms with Crippen molar-refractivity contribution >= 4 is 11.8 Å². The summed E-state index contributed by atoms with van der Waals surface area (Å²) in [6.07, 6.45) is 11.1. The van der Waals surface area contributed by atoms with Crippen molar-refractivity contribution < 1.29 is 9.53 Å². The van der Waals surface area contributed by atoms with E-state index in [4.69, 9.17) is 10.5 Å². The average molecular weight is 348 g/mol. The molecule has 3 aliphatic rings. The molecule has 2 saturated carbocycles. The van der Waals surface area contributed by atoms with Crippen molar-refractivity contribution in [2.75, 3.05) is 13.1 Å². The molecule has 25 heavy (non-hydrogen) atoms. The van der Waals surface area contributed by atoms with Gasteiger partial charge >= 0.3 is 5.97 Å². The van der Waals surface area contributed by atoms with Gasteiger partial charge in [0, 0.05) is 18.4 Å². The van der Waals surface area contributed by atoms with Crippen LogP contribution in [-0.4, -0.2) is 48.0 Å². The Morgan fingerprint density at radius 1 is 1.20 bits per heavy atom. The molecule has 140 valence electrons. The minimum absolute atomic E-state index is 0.00178. The molecule has 2 aliphatic carbocycles. The van der Waals surface area contributed by atoms with Gasteiger partial charge in [0.2, 0.25) is 0 Å². The maximum Gasteiger partial charge on any atom is 0.341 e. The predicted molar refractivity (Wildman–Crippen MR) is 101 cm³/mol. The van der Waals surface area contributed by atoms with Crippen LogP contribution in [0.2, 0.25) is 0 Å². The largest absolute Gasteiger partial charge is 0.458 e. The van der Waals surface area contributed by atoms with Crippen LogP contribution in [0.15, 0.2) is 16.6 Å². The summed E-state index contributed by atoms with van der Waals surface area (Å²) in [6, 6.07) is 0.797. The zero-order valence-electron chi connectivity index (χ0n) is 15.7. The molecular weight excluding hydrogens is 314 g/mol. The molecule has 0 aromatic rings. The average Bonchev–Trinajstić information content (AvgIpc) is 2.63. The van der Waals surface area contributed by atoms with E-state index >= 15 is 0 Å². The summed E-state index contributed by atoms with van der Waals surface area (Å²) in [6.45, 7) is 6.50. The summed E-state index contributed by atoms with van der Waals surface area (Å²) in [5.41, 5.74) is 6.69. The number of esters is 1. The number of amidine groups is 1. The molecule has 0 saturated heterocycles. The van der Waals surface area contributed by atoms with Crippen molar-refractivity contribution in [3.8, 4) is 0 Å². The highest BCUT2D eigenvalue weighted by Crippen LogP contribution is 2.35. The minimum atomic E-state index is -0.279. The van der Waals surface area contributed by atoms with Gasteiger partial charge in [0.1, 0.15) is 11.9 Å². The molecule has 3 rings (SSSR count). The SMILES string of the molecule is CCN(CC)C1CCC2C=C(C(N)=NC3CCCCC3)C(=O)OC2C1. The Morgan fingerprint density at radius 2 is 1.92 bits per heavy atom. The Kier molecular flexibility index (Phi) is 6.15. The molecule has 0 aromatic heterocycles. The summed E-state index contributed by atoms with van der Waals surface area (Å²) < 4.78 is 5.79. The van der Waals surface area contributed by atoms with E-state index in [1.807, 2.05) is 0 Å². The Balaban J connectivity index is 1.68. The first-order chi connectivity index (χ1) is 12.1. The second kappa shape index (κ2) is 8.35. The lowest BCUT2D eigenvalue weighted by molar-refractivity contribution is -0.150. The van der Waals surface area contributed by atoms with Crippen molar-refractivity contribution in [3.05, 3.63) is 11.6 Å². The van der Waals surface area contributed by atoms with Crippen LogP contribution in [-0.2, 0) is 9.53 Å². The molecule has 2 fully saturated rings. The van der Waals surface area contributed by atoms with E-state index in [-0.39, 0.29) is 18.1 Å². The Morgan fingerprint density at radius 3 is 2.60 bits per heavy atom. The zero-order chi connectivity index (χ0) is 17.8. The number of hydrogen-bond donors (Lipinski definition) is 1. The smallest absolute Gasteiger partial charge is 0.341 e. The van der Waals surface area contributed by atoms with Gasteiger partial charge in [-0.2, -0.15) is 0 Å². The number of nitrogens with two attached hydrogens (primary N) is 1. The lowest BCUT2D eigenvalue weighted by Gasteiger charge is -2.41. The molecule has 0 amide bonds. The summed E-state index contributed by atoms with van der Waals surface area (Å²) >= 11 is 0. The lowest BCUT2D eigenvalue weighted by atomic mass is 9.80. The van der Waals surface area contributed by atoms with Gasteiger partial charge in [0.25, 0.3) is 0 Å². The molecule has 3 atom stereocenters. The highest BCUT2D eigenvalue weighted by atomic mass is 16.5. The van der Waals surface area contributed by atoms with E-state index in [1.165, 1.54) is 19.3 Å². The number of carbonyl (C=O) groups excluding carboxylic acids is 1. The number of hydrogen-bond acceptors (Lipinski definition) is 4. The number of rotatable bonds is 5. The van der Waals surface area contributed by atoms with Crippen LogP contribution in [0, 0.1) is 5.92 Å². The molecule has 5 nitrogen and oxygen atoms in total. The Labute approximate surface area is 151 Å². The molecule has 5 heteroatoms. The molecular formula is C20H33N3O2. The van der Waals surface area contributed by atoms with Crippen molar-refractivity contribution in [1.29, 1.82) is 0 Å². The molecule has 1 heterocycles. The number of ether oxygens (including phenoxy) is 1. The van der Waals surface area contributed by atoms with Gasteiger partial charge in [-0.15, -0.1) is 0 Å². The zero-order valence-corrected chi connectivity index (χ0v) is 15.7. The van der Waals surface area contributed by atoms with E-state index in [0.717, 1.165) is 45.2 Å². The van der Waals surface area contributed by atoms with Gasteiger partial charge in [-0.3, -0.25) is 4.99 Å². The lowest BCUT2D eigenvalue weighted by Crippen LogP contribution is -2.46. The van der Waals surface area contributed by atoms with Crippen molar-refractivity contribution in [1.82, 2.24) is 4.90 Å². The fourth-order valence-corrected chi connectivity index (χ4v) is 4.68.